The maximum atomic E-state index is 12.5. The number of aromatic nitrogens is 1. The summed E-state index contributed by atoms with van der Waals surface area (Å²) in [5.74, 6) is -5.44. The molecule has 0 saturated carbocycles. The third kappa shape index (κ3) is 7.49. The first-order chi connectivity index (χ1) is 16.6. The molecular formula is C21H28N6O8. The molecule has 0 fully saturated rings. The van der Waals surface area contributed by atoms with E-state index in [9.17, 15) is 34.2 Å². The highest BCUT2D eigenvalue weighted by molar-refractivity contribution is 5.95. The standard InChI is InChI=1S/C21H28N6O8/c22-12(5-10-7-24-13-4-2-1-3-11(10)13)18(31)26-15(8-28)20(33)27-16(9-29)19(32)25-14(21(34)35)6-17(23)30/h1-4,7,12,14-16,24,28-29H,5-6,8-9,22H2,(H2,23,30)(H,25,32)(H,26,31)(H,27,33)(H,34,35). The number of fused-ring (bicyclic) bond motifs is 1. The van der Waals surface area contributed by atoms with E-state index in [4.69, 9.17) is 16.6 Å². The minimum Gasteiger partial charge on any atom is -0.480 e. The van der Waals surface area contributed by atoms with Crippen molar-refractivity contribution in [3.05, 3.63) is 36.0 Å². The number of hydrogen-bond acceptors (Lipinski definition) is 8. The van der Waals surface area contributed by atoms with E-state index in [1.165, 1.54) is 0 Å². The molecule has 190 valence electrons. The van der Waals surface area contributed by atoms with E-state index >= 15 is 0 Å². The molecule has 35 heavy (non-hydrogen) atoms. The molecule has 1 aromatic carbocycles. The molecule has 4 atom stereocenters. The Morgan fingerprint density at radius 1 is 0.886 bits per heavy atom. The number of nitrogens with two attached hydrogens (primary N) is 2. The number of aliphatic carboxylic acids is 1. The number of hydrogen-bond donors (Lipinski definition) is 9. The second-order valence-electron chi connectivity index (χ2n) is 7.73. The van der Waals surface area contributed by atoms with Crippen LogP contribution in [0.5, 0.6) is 0 Å². The molecule has 1 aromatic heterocycles. The Kier molecular flexibility index (Phi) is 9.69. The molecule has 1 heterocycles. The van der Waals surface area contributed by atoms with Gasteiger partial charge in [0.25, 0.3) is 0 Å². The lowest BCUT2D eigenvalue weighted by Gasteiger charge is -2.23. The number of aliphatic hydroxyl groups is 2. The molecule has 2 aromatic rings. The highest BCUT2D eigenvalue weighted by atomic mass is 16.4. The second kappa shape index (κ2) is 12.5. The van der Waals surface area contributed by atoms with E-state index in [-0.39, 0.29) is 6.42 Å². The molecule has 2 rings (SSSR count). The predicted molar refractivity (Wildman–Crippen MR) is 121 cm³/mol. The van der Waals surface area contributed by atoms with E-state index < -0.39 is 73.4 Å². The van der Waals surface area contributed by atoms with Crippen molar-refractivity contribution in [3.8, 4) is 0 Å². The highest BCUT2D eigenvalue weighted by Crippen LogP contribution is 2.18. The molecule has 4 amide bonds. The zero-order chi connectivity index (χ0) is 26.1. The first-order valence-corrected chi connectivity index (χ1v) is 10.5. The molecule has 0 aliphatic heterocycles. The van der Waals surface area contributed by atoms with Gasteiger partial charge in [0.2, 0.25) is 23.6 Å². The number of benzene rings is 1. The third-order valence-electron chi connectivity index (χ3n) is 5.10. The lowest BCUT2D eigenvalue weighted by Crippen LogP contribution is -2.59. The van der Waals surface area contributed by atoms with Gasteiger partial charge in [0, 0.05) is 17.1 Å². The van der Waals surface area contributed by atoms with Crippen LogP contribution in [0.3, 0.4) is 0 Å². The minimum absolute atomic E-state index is 0.133. The SMILES string of the molecule is NC(=O)CC(NC(=O)C(CO)NC(=O)C(CO)NC(=O)C(N)Cc1c[nH]c2ccccc12)C(=O)O. The number of aromatic amines is 1. The number of primary amides is 1. The zero-order valence-electron chi connectivity index (χ0n) is 18.6. The Morgan fingerprint density at radius 3 is 1.97 bits per heavy atom. The summed E-state index contributed by atoms with van der Waals surface area (Å²) in [5, 5.41) is 35.3. The summed E-state index contributed by atoms with van der Waals surface area (Å²) >= 11 is 0. The lowest BCUT2D eigenvalue weighted by molar-refractivity contribution is -0.144. The van der Waals surface area contributed by atoms with E-state index in [0.717, 1.165) is 16.5 Å². The Morgan fingerprint density at radius 2 is 1.43 bits per heavy atom. The number of carbonyl (C=O) groups excluding carboxylic acids is 4. The number of carbonyl (C=O) groups is 5. The van der Waals surface area contributed by atoms with Crippen LogP contribution in [-0.2, 0) is 30.4 Å². The highest BCUT2D eigenvalue weighted by Gasteiger charge is 2.30. The van der Waals surface area contributed by atoms with Gasteiger partial charge < -0.3 is 47.7 Å². The van der Waals surface area contributed by atoms with E-state index in [0.29, 0.717) is 0 Å². The normalized spacial score (nSPS) is 14.4. The minimum atomic E-state index is -1.68. The first kappa shape index (κ1) is 27.2. The van der Waals surface area contributed by atoms with Gasteiger partial charge in [0.1, 0.15) is 18.1 Å². The van der Waals surface area contributed by atoms with Crippen molar-refractivity contribution >= 4 is 40.5 Å². The molecule has 0 spiro atoms. The quantitative estimate of drug-likeness (QED) is 0.134. The number of para-hydroxylation sites is 1. The Balaban J connectivity index is 1.98. The van der Waals surface area contributed by atoms with Crippen LogP contribution in [0, 0.1) is 0 Å². The lowest BCUT2D eigenvalue weighted by atomic mass is 10.0. The number of carboxylic acids is 1. The van der Waals surface area contributed by atoms with Crippen molar-refractivity contribution < 1.29 is 39.3 Å². The van der Waals surface area contributed by atoms with Gasteiger partial charge in [-0.2, -0.15) is 0 Å². The number of nitrogens with one attached hydrogen (secondary N) is 4. The summed E-state index contributed by atoms with van der Waals surface area (Å²) in [6, 6.07) is 1.49. The average molecular weight is 492 g/mol. The predicted octanol–water partition coefficient (Wildman–Crippen LogP) is -3.56. The van der Waals surface area contributed by atoms with Crippen LogP contribution >= 0.6 is 0 Å². The number of rotatable bonds is 13. The Bertz CT molecular complexity index is 1090. The molecule has 4 unspecified atom stereocenters. The van der Waals surface area contributed by atoms with Gasteiger partial charge in [-0.3, -0.25) is 19.2 Å². The van der Waals surface area contributed by atoms with E-state index in [2.05, 4.69) is 15.6 Å². The molecule has 0 aliphatic carbocycles. The van der Waals surface area contributed by atoms with Crippen molar-refractivity contribution in [1.29, 1.82) is 0 Å². The van der Waals surface area contributed by atoms with Gasteiger partial charge in [-0.1, -0.05) is 18.2 Å². The Labute approximate surface area is 199 Å². The molecule has 11 N–H and O–H groups in total. The maximum absolute atomic E-state index is 12.5. The summed E-state index contributed by atoms with van der Waals surface area (Å²) < 4.78 is 0. The van der Waals surface area contributed by atoms with Gasteiger partial charge in [-0.05, 0) is 18.1 Å². The molecule has 0 bridgehead atoms. The van der Waals surface area contributed by atoms with Crippen LogP contribution in [0.2, 0.25) is 0 Å². The molecule has 14 heteroatoms. The fourth-order valence-corrected chi connectivity index (χ4v) is 3.24. The van der Waals surface area contributed by atoms with Gasteiger partial charge in [-0.25, -0.2) is 4.79 Å². The first-order valence-electron chi connectivity index (χ1n) is 10.5. The largest absolute Gasteiger partial charge is 0.480 e. The van der Waals surface area contributed by atoms with Crippen molar-refractivity contribution in [2.24, 2.45) is 11.5 Å². The fraction of sp³-hybridized carbons (Fsp3) is 0.381. The summed E-state index contributed by atoms with van der Waals surface area (Å²) in [6.07, 6.45) is 1.13. The van der Waals surface area contributed by atoms with Gasteiger partial charge in [-0.15, -0.1) is 0 Å². The molecule has 0 aliphatic rings. The van der Waals surface area contributed by atoms with Crippen molar-refractivity contribution in [1.82, 2.24) is 20.9 Å². The monoisotopic (exact) mass is 492 g/mol. The average Bonchev–Trinajstić information content (AvgIpc) is 3.22. The maximum Gasteiger partial charge on any atom is 0.326 e. The summed E-state index contributed by atoms with van der Waals surface area (Å²) in [6.45, 7) is -1.79. The zero-order valence-corrected chi connectivity index (χ0v) is 18.6. The van der Waals surface area contributed by atoms with Crippen LogP contribution in [-0.4, -0.2) is 87.3 Å². The summed E-state index contributed by atoms with van der Waals surface area (Å²) in [7, 11) is 0. The Hall–Kier alpha value is -4.01. The van der Waals surface area contributed by atoms with Crippen molar-refractivity contribution in [2.75, 3.05) is 13.2 Å². The van der Waals surface area contributed by atoms with Crippen LogP contribution in [0.25, 0.3) is 10.9 Å². The van der Waals surface area contributed by atoms with Crippen molar-refractivity contribution in [2.45, 2.75) is 37.0 Å². The number of aliphatic hydroxyl groups excluding tert-OH is 2. The summed E-state index contributed by atoms with van der Waals surface area (Å²) in [4.78, 5) is 62.4. The van der Waals surface area contributed by atoms with Crippen molar-refractivity contribution in [3.63, 3.8) is 0 Å². The summed E-state index contributed by atoms with van der Waals surface area (Å²) in [5.41, 5.74) is 12.5. The van der Waals surface area contributed by atoms with Crippen LogP contribution in [0.1, 0.15) is 12.0 Å². The van der Waals surface area contributed by atoms with Crippen LogP contribution < -0.4 is 27.4 Å². The number of carboxylic acid groups (broad SMARTS) is 1. The topological polar surface area (TPSA) is 250 Å². The van der Waals surface area contributed by atoms with E-state index in [1.807, 2.05) is 29.6 Å². The van der Waals surface area contributed by atoms with Crippen LogP contribution in [0.15, 0.2) is 30.5 Å². The van der Waals surface area contributed by atoms with Gasteiger partial charge in [0.05, 0.1) is 25.7 Å². The molecule has 0 radical (unpaired) electrons. The molecule has 0 saturated heterocycles. The van der Waals surface area contributed by atoms with E-state index in [1.54, 1.807) is 6.20 Å². The number of H-pyrrole nitrogens is 1. The molecular weight excluding hydrogens is 464 g/mol. The number of amides is 4. The second-order valence-corrected chi connectivity index (χ2v) is 7.73. The fourth-order valence-electron chi connectivity index (χ4n) is 3.24. The smallest absolute Gasteiger partial charge is 0.326 e. The third-order valence-corrected chi connectivity index (χ3v) is 5.10. The van der Waals surface area contributed by atoms with Gasteiger partial charge in [0.15, 0.2) is 0 Å². The van der Waals surface area contributed by atoms with Crippen LogP contribution in [0.4, 0.5) is 0 Å². The molecule has 14 nitrogen and oxygen atoms in total. The van der Waals surface area contributed by atoms with Gasteiger partial charge >= 0.3 is 5.97 Å².